The van der Waals surface area contributed by atoms with Gasteiger partial charge < -0.3 is 0 Å². The number of benzene rings is 1. The molecule has 0 spiro atoms. The second kappa shape index (κ2) is 9.65. The van der Waals surface area contributed by atoms with Crippen molar-refractivity contribution >= 4 is 5.65 Å². The number of aromatic nitrogens is 7. The molecule has 1 aromatic carbocycles. The van der Waals surface area contributed by atoms with E-state index in [1.165, 1.54) is 29.0 Å². The minimum atomic E-state index is -3.30. The van der Waals surface area contributed by atoms with Crippen molar-refractivity contribution in [2.75, 3.05) is 0 Å². The first-order valence-corrected chi connectivity index (χ1v) is 12.6. The minimum absolute atomic E-state index is 0.0597. The molecule has 0 saturated carbocycles. The standard InChI is InChI=1S/C29H22F5N7/c1-16-4-5-17(2)41(16)28-36-24-12-19(10-11-39(24)38-28)25-22(31)13-23(32)26(37-25)20-14-35-40(15-20)27(29(3,33)34)18-6-8-21(30)9-7-18/h4-15,27H,1-3H3/t27-/m1/s1. The maximum atomic E-state index is 15.0. The lowest BCUT2D eigenvalue weighted by molar-refractivity contribution is -0.0217. The van der Waals surface area contributed by atoms with E-state index in [2.05, 4.69) is 20.2 Å². The van der Waals surface area contributed by atoms with Crippen molar-refractivity contribution in [1.29, 1.82) is 0 Å². The highest BCUT2D eigenvalue weighted by molar-refractivity contribution is 5.69. The number of nitrogens with zero attached hydrogens (tertiary/aromatic N) is 7. The van der Waals surface area contributed by atoms with E-state index in [0.29, 0.717) is 30.1 Å². The molecule has 12 heteroatoms. The first-order chi connectivity index (χ1) is 19.5. The molecule has 7 nitrogen and oxygen atoms in total. The molecule has 1 atom stereocenters. The molecule has 0 radical (unpaired) electrons. The summed E-state index contributed by atoms with van der Waals surface area (Å²) in [6.07, 6.45) is 3.97. The Morgan fingerprint density at radius 3 is 2.12 bits per heavy atom. The van der Waals surface area contributed by atoms with Crippen molar-refractivity contribution in [3.63, 3.8) is 0 Å². The minimum Gasteiger partial charge on any atom is -0.286 e. The summed E-state index contributed by atoms with van der Waals surface area (Å²) >= 11 is 0. The SMILES string of the molecule is Cc1ccc(C)n1-c1nc2cc(-c3nc(-c4cnn([C@H](c5ccc(F)cc5)C(C)(F)F)c4)c(F)cc3F)ccn2n1. The number of pyridine rings is 2. The van der Waals surface area contributed by atoms with Crippen molar-refractivity contribution in [2.24, 2.45) is 0 Å². The van der Waals surface area contributed by atoms with Gasteiger partial charge in [0.15, 0.2) is 17.3 Å². The fourth-order valence-electron chi connectivity index (χ4n) is 4.89. The third kappa shape index (κ3) is 4.75. The Morgan fingerprint density at radius 2 is 1.46 bits per heavy atom. The van der Waals surface area contributed by atoms with Gasteiger partial charge in [-0.3, -0.25) is 9.25 Å². The van der Waals surface area contributed by atoms with Crippen LogP contribution in [-0.4, -0.2) is 39.9 Å². The van der Waals surface area contributed by atoms with E-state index in [1.54, 1.807) is 18.3 Å². The molecule has 0 aliphatic rings. The molecule has 0 N–H and O–H groups in total. The summed E-state index contributed by atoms with van der Waals surface area (Å²) in [6, 6.07) is 10.7. The van der Waals surface area contributed by atoms with E-state index >= 15 is 4.39 Å². The maximum absolute atomic E-state index is 15.0. The first-order valence-electron chi connectivity index (χ1n) is 12.6. The first kappa shape index (κ1) is 26.4. The molecule has 6 aromatic rings. The lowest BCUT2D eigenvalue weighted by Crippen LogP contribution is -2.29. The van der Waals surface area contributed by atoms with Crippen molar-refractivity contribution in [2.45, 2.75) is 32.7 Å². The van der Waals surface area contributed by atoms with Crippen molar-refractivity contribution in [3.05, 3.63) is 108 Å². The van der Waals surface area contributed by atoms with Gasteiger partial charge in [0.25, 0.3) is 11.9 Å². The smallest absolute Gasteiger partial charge is 0.271 e. The maximum Gasteiger partial charge on any atom is 0.271 e. The normalized spacial score (nSPS) is 12.8. The molecule has 6 rings (SSSR count). The Labute approximate surface area is 230 Å². The molecule has 5 aromatic heterocycles. The molecule has 208 valence electrons. The lowest BCUT2D eigenvalue weighted by atomic mass is 10.0. The van der Waals surface area contributed by atoms with Gasteiger partial charge in [0.2, 0.25) is 0 Å². The summed E-state index contributed by atoms with van der Waals surface area (Å²) in [5.41, 5.74) is 2.34. The third-order valence-corrected chi connectivity index (χ3v) is 6.81. The van der Waals surface area contributed by atoms with Crippen LogP contribution in [-0.2, 0) is 0 Å². The van der Waals surface area contributed by atoms with Gasteiger partial charge in [0.1, 0.15) is 23.2 Å². The molecule has 0 unspecified atom stereocenters. The zero-order valence-electron chi connectivity index (χ0n) is 22.0. The fraction of sp³-hybridized carbons (Fsp3) is 0.172. The second-order valence-corrected chi connectivity index (χ2v) is 9.85. The summed E-state index contributed by atoms with van der Waals surface area (Å²) in [5, 5.41) is 8.51. The molecule has 0 fully saturated rings. The molecule has 0 saturated heterocycles. The van der Waals surface area contributed by atoms with Gasteiger partial charge >= 0.3 is 0 Å². The van der Waals surface area contributed by atoms with Crippen LogP contribution < -0.4 is 0 Å². The van der Waals surface area contributed by atoms with E-state index in [0.717, 1.165) is 28.2 Å². The van der Waals surface area contributed by atoms with Crippen molar-refractivity contribution in [1.82, 2.24) is 33.9 Å². The van der Waals surface area contributed by atoms with Crippen LogP contribution in [0.3, 0.4) is 0 Å². The van der Waals surface area contributed by atoms with Gasteiger partial charge in [0.05, 0.1) is 6.20 Å². The summed E-state index contributed by atoms with van der Waals surface area (Å²) in [7, 11) is 0. The Bertz CT molecular complexity index is 1880. The van der Waals surface area contributed by atoms with E-state index in [9.17, 15) is 17.6 Å². The zero-order valence-corrected chi connectivity index (χ0v) is 22.0. The van der Waals surface area contributed by atoms with E-state index in [1.807, 2.05) is 30.5 Å². The average Bonchev–Trinajstić information content (AvgIpc) is 3.63. The lowest BCUT2D eigenvalue weighted by Gasteiger charge is -2.24. The summed E-state index contributed by atoms with van der Waals surface area (Å²) in [5.74, 6) is -5.34. The number of halogens is 5. The van der Waals surface area contributed by atoms with E-state index < -0.39 is 29.4 Å². The van der Waals surface area contributed by atoms with Gasteiger partial charge in [-0.15, -0.1) is 5.10 Å². The summed E-state index contributed by atoms with van der Waals surface area (Å²) < 4.78 is 77.0. The monoisotopic (exact) mass is 563 g/mol. The quantitative estimate of drug-likeness (QED) is 0.211. The van der Waals surface area contributed by atoms with Gasteiger partial charge in [-0.05, 0) is 55.8 Å². The van der Waals surface area contributed by atoms with Gasteiger partial charge in [-0.1, -0.05) is 12.1 Å². The number of aryl methyl sites for hydroxylation is 2. The Morgan fingerprint density at radius 1 is 0.805 bits per heavy atom. The van der Waals surface area contributed by atoms with Crippen LogP contribution in [0, 0.1) is 31.3 Å². The largest absolute Gasteiger partial charge is 0.286 e. The second-order valence-electron chi connectivity index (χ2n) is 9.85. The average molecular weight is 564 g/mol. The molecule has 0 amide bonds. The third-order valence-electron chi connectivity index (χ3n) is 6.81. The molecule has 0 aliphatic heterocycles. The highest BCUT2D eigenvalue weighted by Crippen LogP contribution is 2.36. The highest BCUT2D eigenvalue weighted by Gasteiger charge is 2.38. The molecule has 5 heterocycles. The topological polar surface area (TPSA) is 65.8 Å². The number of fused-ring (bicyclic) bond motifs is 1. The Hall–Kier alpha value is -4.87. The number of hydrogen-bond donors (Lipinski definition) is 0. The predicted octanol–water partition coefficient (Wildman–Crippen LogP) is 6.72. The van der Waals surface area contributed by atoms with Crippen LogP contribution >= 0.6 is 0 Å². The van der Waals surface area contributed by atoms with Crippen molar-refractivity contribution in [3.8, 4) is 28.5 Å². The summed E-state index contributed by atoms with van der Waals surface area (Å²) in [4.78, 5) is 8.77. The van der Waals surface area contributed by atoms with E-state index in [4.69, 9.17) is 0 Å². The molecule has 41 heavy (non-hydrogen) atoms. The number of rotatable bonds is 6. The van der Waals surface area contributed by atoms with Crippen LogP contribution in [0.2, 0.25) is 0 Å². The Balaban J connectivity index is 1.39. The zero-order chi connectivity index (χ0) is 29.1. The van der Waals surface area contributed by atoms with Gasteiger partial charge in [-0.2, -0.15) is 10.1 Å². The van der Waals surface area contributed by atoms with Crippen LogP contribution in [0.1, 0.15) is 29.9 Å². The summed E-state index contributed by atoms with van der Waals surface area (Å²) in [6.45, 7) is 4.56. The Kier molecular flexibility index (Phi) is 6.20. The predicted molar refractivity (Wildman–Crippen MR) is 141 cm³/mol. The van der Waals surface area contributed by atoms with E-state index in [-0.39, 0.29) is 22.5 Å². The van der Waals surface area contributed by atoms with Crippen LogP contribution in [0.15, 0.2) is 73.2 Å². The number of hydrogen-bond acceptors (Lipinski definition) is 4. The fourth-order valence-corrected chi connectivity index (χ4v) is 4.89. The molecule has 0 aliphatic carbocycles. The highest BCUT2D eigenvalue weighted by atomic mass is 19.3. The molecular formula is C29H22F5N7. The van der Waals surface area contributed by atoms with Gasteiger partial charge in [0, 0.05) is 47.9 Å². The van der Waals surface area contributed by atoms with Crippen LogP contribution in [0.25, 0.3) is 34.1 Å². The number of alkyl halides is 2. The van der Waals surface area contributed by atoms with Crippen LogP contribution in [0.5, 0.6) is 0 Å². The molecular weight excluding hydrogens is 541 g/mol. The van der Waals surface area contributed by atoms with Crippen LogP contribution in [0.4, 0.5) is 22.0 Å². The van der Waals surface area contributed by atoms with Gasteiger partial charge in [-0.25, -0.2) is 31.5 Å². The molecule has 0 bridgehead atoms. The van der Waals surface area contributed by atoms with Crippen molar-refractivity contribution < 1.29 is 22.0 Å².